The number of nitrogens with zero attached hydrogens (tertiary/aromatic N) is 8. The van der Waals surface area contributed by atoms with Crippen molar-refractivity contribution in [3.8, 4) is 62.7 Å². The molecule has 98 heavy (non-hydrogen) atoms. The Morgan fingerprint density at radius 3 is 0.755 bits per heavy atom. The number of benzene rings is 14. The summed E-state index contributed by atoms with van der Waals surface area (Å²) in [5.74, 6) is 0. The Balaban J connectivity index is 0.933. The molecule has 0 bridgehead atoms. The number of aromatic nitrogens is 7. The van der Waals surface area contributed by atoms with E-state index in [1.54, 1.807) is 0 Å². The van der Waals surface area contributed by atoms with Crippen molar-refractivity contribution in [1.82, 2.24) is 32.4 Å². The van der Waals surface area contributed by atoms with Crippen LogP contribution < -0.4 is 0 Å². The highest BCUT2D eigenvalue weighted by atomic mass is 15.1. The highest BCUT2D eigenvalue weighted by Crippen LogP contribution is 2.47. The molecule has 0 atom stereocenters. The lowest BCUT2D eigenvalue weighted by Crippen LogP contribution is -2.07. The molecule has 21 aromatic rings. The fourth-order valence-corrected chi connectivity index (χ4v) is 16.5. The number of fused-ring (bicyclic) bond motifs is 18. The van der Waals surface area contributed by atoms with Crippen molar-refractivity contribution >= 4 is 131 Å². The van der Waals surface area contributed by atoms with E-state index < -0.39 is 0 Å². The lowest BCUT2D eigenvalue weighted by molar-refractivity contribution is 1.11. The number of nitriles is 1. The van der Waals surface area contributed by atoms with E-state index in [4.69, 9.17) is 4.98 Å². The summed E-state index contributed by atoms with van der Waals surface area (Å²) in [6, 6.07) is 121. The smallest absolute Gasteiger partial charge is 0.0993 e. The molecule has 0 aliphatic rings. The molecule has 0 fully saturated rings. The van der Waals surface area contributed by atoms with Gasteiger partial charge in [0.2, 0.25) is 0 Å². The molecule has 0 amide bonds. The molecule has 0 aliphatic carbocycles. The van der Waals surface area contributed by atoms with E-state index in [0.29, 0.717) is 5.56 Å². The van der Waals surface area contributed by atoms with Crippen molar-refractivity contribution in [2.24, 2.45) is 0 Å². The fourth-order valence-electron chi connectivity index (χ4n) is 16.5. The number of pyridine rings is 1. The Kier molecular flexibility index (Phi) is 11.4. The maximum absolute atomic E-state index is 12.0. The zero-order valence-corrected chi connectivity index (χ0v) is 52.8. The normalized spacial score (nSPS) is 12.1. The van der Waals surface area contributed by atoms with Gasteiger partial charge < -0.3 is 27.4 Å². The average Bonchev–Trinajstić information content (AvgIpc) is 1.53. The zero-order valence-electron chi connectivity index (χ0n) is 52.8. The van der Waals surface area contributed by atoms with Crippen molar-refractivity contribution < 1.29 is 0 Å². The van der Waals surface area contributed by atoms with Crippen molar-refractivity contribution in [3.63, 3.8) is 0 Å². The number of para-hydroxylation sites is 8. The van der Waals surface area contributed by atoms with E-state index in [-0.39, 0.29) is 0 Å². The summed E-state index contributed by atoms with van der Waals surface area (Å²) in [6.45, 7) is 0. The Bertz CT molecular complexity index is 6090. The molecule has 0 saturated carbocycles. The molecule has 14 aromatic carbocycles. The van der Waals surface area contributed by atoms with Gasteiger partial charge in [0.25, 0.3) is 0 Å². The molecule has 8 nitrogen and oxygen atoms in total. The second-order valence-corrected chi connectivity index (χ2v) is 25.7. The maximum Gasteiger partial charge on any atom is 0.0993 e. The van der Waals surface area contributed by atoms with Crippen LogP contribution in [0.4, 0.5) is 0 Å². The van der Waals surface area contributed by atoms with Crippen molar-refractivity contribution in [3.05, 3.63) is 333 Å². The first-order valence-corrected chi connectivity index (χ1v) is 33.3. The van der Waals surface area contributed by atoms with Gasteiger partial charge in [-0.25, -0.2) is 4.98 Å². The lowest BCUT2D eigenvalue weighted by Gasteiger charge is -2.21. The van der Waals surface area contributed by atoms with Gasteiger partial charge in [0.15, 0.2) is 0 Å². The summed E-state index contributed by atoms with van der Waals surface area (Å²) in [6.07, 6.45) is 0. The van der Waals surface area contributed by atoms with Gasteiger partial charge in [-0.1, -0.05) is 206 Å². The third-order valence-electron chi connectivity index (χ3n) is 20.6. The van der Waals surface area contributed by atoms with E-state index in [0.717, 1.165) is 144 Å². The third kappa shape index (κ3) is 7.72. The molecular formula is C90H54N8. The number of hydrogen-bond acceptors (Lipinski definition) is 2. The average molecular weight is 1250 g/mol. The van der Waals surface area contributed by atoms with E-state index in [1.807, 2.05) is 0 Å². The van der Waals surface area contributed by atoms with E-state index in [9.17, 15) is 5.26 Å². The van der Waals surface area contributed by atoms with E-state index in [1.165, 1.54) is 43.1 Å². The molecule has 0 unspecified atom stereocenters. The van der Waals surface area contributed by atoms with Crippen LogP contribution in [0.5, 0.6) is 0 Å². The van der Waals surface area contributed by atoms with Gasteiger partial charge in [0.1, 0.15) is 0 Å². The maximum atomic E-state index is 12.0. The molecular weight excluding hydrogens is 1190 g/mol. The van der Waals surface area contributed by atoms with Crippen LogP contribution in [-0.2, 0) is 0 Å². The molecule has 0 aliphatic heterocycles. The standard InChI is InChI=1S/C90H54N8/c91-55-56-49-88(97-84-51-58(93-76-33-12-4-23-62(76)63-24-5-13-34-77(63)93)41-45-70(84)71-46-42-59(52-85(71)97)94-78-35-14-6-25-64(78)65-26-7-15-36-79(65)94)90(75-32-20-31-74(92-75)57-21-2-1-3-22-57)89(50-56)98-86-53-60(95-80-37-16-8-27-66(80)67-28-9-17-38-81(67)95)43-47-72(86)73-48-44-61(54-87(73)98)96-82-39-18-10-29-68(82)69-30-11-19-40-83(69)96/h1-54H. The van der Waals surface area contributed by atoms with Crippen LogP contribution in [0.2, 0.25) is 0 Å². The van der Waals surface area contributed by atoms with E-state index >= 15 is 0 Å². The van der Waals surface area contributed by atoms with Crippen molar-refractivity contribution in [2.75, 3.05) is 0 Å². The van der Waals surface area contributed by atoms with Crippen LogP contribution in [0.1, 0.15) is 5.56 Å². The fraction of sp³-hybridized carbons (Fsp3) is 0. The van der Waals surface area contributed by atoms with E-state index in [2.05, 4.69) is 361 Å². The molecule has 454 valence electrons. The second-order valence-electron chi connectivity index (χ2n) is 25.7. The Labute approximate surface area is 561 Å². The largest absolute Gasteiger partial charge is 0.309 e. The first-order chi connectivity index (χ1) is 48.6. The zero-order chi connectivity index (χ0) is 64.3. The Morgan fingerprint density at radius 1 is 0.214 bits per heavy atom. The SMILES string of the molecule is N#Cc1cc(-n2c3cc(-n4c5ccccc5c5ccccc54)ccc3c3ccc(-n4c5ccccc5c5ccccc54)cc32)c(-c2cccc(-c3ccccc3)n2)c(-n2c3cc(-n4c5ccccc5c5ccccc54)ccc3c3ccc(-n4c5ccccc5c5ccccc54)cc32)c1. The number of hydrogen-bond donors (Lipinski definition) is 0. The van der Waals surface area contributed by atoms with Gasteiger partial charge in [-0.2, -0.15) is 5.26 Å². The quantitative estimate of drug-likeness (QED) is 0.152. The summed E-state index contributed by atoms with van der Waals surface area (Å²) in [7, 11) is 0. The first-order valence-electron chi connectivity index (χ1n) is 33.3. The minimum absolute atomic E-state index is 0.497. The van der Waals surface area contributed by atoms with Gasteiger partial charge in [0, 0.05) is 98.5 Å². The van der Waals surface area contributed by atoms with Gasteiger partial charge in [-0.15, -0.1) is 0 Å². The van der Waals surface area contributed by atoms with Crippen LogP contribution in [0, 0.1) is 11.3 Å². The molecule has 21 rings (SSSR count). The molecule has 0 N–H and O–H groups in total. The van der Waals surface area contributed by atoms with Crippen LogP contribution in [-0.4, -0.2) is 32.4 Å². The summed E-state index contributed by atoms with van der Waals surface area (Å²) in [5.41, 5.74) is 22.5. The monoisotopic (exact) mass is 1250 g/mol. The lowest BCUT2D eigenvalue weighted by atomic mass is 10.0. The van der Waals surface area contributed by atoms with Gasteiger partial charge in [0.05, 0.1) is 101 Å². The van der Waals surface area contributed by atoms with Gasteiger partial charge >= 0.3 is 0 Å². The molecule has 7 heterocycles. The predicted octanol–water partition coefficient (Wildman–Crippen LogP) is 22.9. The summed E-state index contributed by atoms with van der Waals surface area (Å²) in [5, 5.41) is 25.8. The van der Waals surface area contributed by atoms with Crippen LogP contribution in [0.25, 0.3) is 187 Å². The first kappa shape index (κ1) is 54.0. The van der Waals surface area contributed by atoms with Crippen LogP contribution in [0.3, 0.4) is 0 Å². The highest BCUT2D eigenvalue weighted by Gasteiger charge is 2.28. The van der Waals surface area contributed by atoms with Crippen molar-refractivity contribution in [2.45, 2.75) is 0 Å². The molecule has 0 radical (unpaired) electrons. The van der Waals surface area contributed by atoms with Crippen LogP contribution in [0.15, 0.2) is 328 Å². The molecule has 7 aromatic heterocycles. The minimum Gasteiger partial charge on any atom is -0.309 e. The Morgan fingerprint density at radius 2 is 0.469 bits per heavy atom. The highest BCUT2D eigenvalue weighted by molar-refractivity contribution is 6.17. The summed E-state index contributed by atoms with van der Waals surface area (Å²) < 4.78 is 14.5. The van der Waals surface area contributed by atoms with Gasteiger partial charge in [-0.05, 0) is 121 Å². The molecule has 8 heteroatoms. The second kappa shape index (κ2) is 20.8. The predicted molar refractivity (Wildman–Crippen MR) is 406 cm³/mol. The topological polar surface area (TPSA) is 66.3 Å². The minimum atomic E-state index is 0.497. The third-order valence-corrected chi connectivity index (χ3v) is 20.6. The van der Waals surface area contributed by atoms with Crippen LogP contribution >= 0.6 is 0 Å². The molecule has 0 spiro atoms. The Hall–Kier alpha value is -13.5. The number of rotatable bonds is 8. The molecule has 0 saturated heterocycles. The van der Waals surface area contributed by atoms with Gasteiger partial charge in [-0.3, -0.25) is 0 Å². The summed E-state index contributed by atoms with van der Waals surface area (Å²) in [4.78, 5) is 5.81. The summed E-state index contributed by atoms with van der Waals surface area (Å²) >= 11 is 0. The van der Waals surface area contributed by atoms with Crippen molar-refractivity contribution in [1.29, 1.82) is 5.26 Å².